The number of hydrogen-bond acceptors (Lipinski definition) is 5. The molecule has 25 heavy (non-hydrogen) atoms. The van der Waals surface area contributed by atoms with Gasteiger partial charge in [-0.3, -0.25) is 9.59 Å². The molecule has 0 bridgehead atoms. The van der Waals surface area contributed by atoms with E-state index in [-0.39, 0.29) is 25.3 Å². The fourth-order valence-electron chi connectivity index (χ4n) is 2.57. The summed E-state index contributed by atoms with van der Waals surface area (Å²) in [5, 5.41) is 0. The lowest BCUT2D eigenvalue weighted by Crippen LogP contribution is -2.17. The number of carbonyl (C=O) groups is 3. The van der Waals surface area contributed by atoms with Crippen molar-refractivity contribution < 1.29 is 23.9 Å². The number of ether oxygens (including phenoxy) is 2. The number of nitrogens with one attached hydrogen (secondary N) is 1. The molecule has 0 aliphatic heterocycles. The Kier molecular flexibility index (Phi) is 6.11. The van der Waals surface area contributed by atoms with Crippen LogP contribution >= 0.6 is 0 Å². The van der Waals surface area contributed by atoms with Crippen molar-refractivity contribution in [3.05, 3.63) is 58.4 Å². The predicted octanol–water partition coefficient (Wildman–Crippen LogP) is 2.78. The van der Waals surface area contributed by atoms with Crippen molar-refractivity contribution >= 4 is 17.7 Å². The zero-order chi connectivity index (χ0) is 18.4. The minimum absolute atomic E-state index is 0.102. The van der Waals surface area contributed by atoms with Gasteiger partial charge in [-0.05, 0) is 31.9 Å². The topological polar surface area (TPSA) is 85.5 Å². The van der Waals surface area contributed by atoms with E-state index in [0.717, 1.165) is 5.56 Å². The quantitative estimate of drug-likeness (QED) is 0.617. The molecule has 0 saturated heterocycles. The number of aryl methyl sites for hydroxylation is 1. The standard InChI is InChI=1S/C19H21NO5/c1-4-24-19(23)17-12(2)18(20-13(17)3)15(21)11-25-16(22)10-14-8-6-5-7-9-14/h5-9,20H,4,10-11H2,1-3H3. The summed E-state index contributed by atoms with van der Waals surface area (Å²) in [6.45, 7) is 4.94. The largest absolute Gasteiger partial charge is 0.462 e. The van der Waals surface area contributed by atoms with Crippen molar-refractivity contribution in [3.63, 3.8) is 0 Å². The Balaban J connectivity index is 2.00. The van der Waals surface area contributed by atoms with Gasteiger partial charge in [0.05, 0.1) is 24.3 Å². The van der Waals surface area contributed by atoms with Crippen LogP contribution in [0.1, 0.15) is 44.6 Å². The van der Waals surface area contributed by atoms with Crippen LogP contribution in [0.2, 0.25) is 0 Å². The van der Waals surface area contributed by atoms with Crippen LogP contribution in [0, 0.1) is 13.8 Å². The van der Waals surface area contributed by atoms with Gasteiger partial charge in [-0.2, -0.15) is 0 Å². The van der Waals surface area contributed by atoms with E-state index in [1.54, 1.807) is 20.8 Å². The summed E-state index contributed by atoms with van der Waals surface area (Å²) in [5.74, 6) is -1.35. The summed E-state index contributed by atoms with van der Waals surface area (Å²) < 4.78 is 10.0. The average Bonchev–Trinajstić information content (AvgIpc) is 2.88. The molecule has 0 spiro atoms. The molecule has 132 valence electrons. The van der Waals surface area contributed by atoms with Crippen molar-refractivity contribution in [3.8, 4) is 0 Å². The van der Waals surface area contributed by atoms with E-state index >= 15 is 0 Å². The molecule has 0 amide bonds. The fourth-order valence-corrected chi connectivity index (χ4v) is 2.57. The van der Waals surface area contributed by atoms with E-state index in [1.165, 1.54) is 0 Å². The Bertz CT molecular complexity index is 777. The first kappa shape index (κ1) is 18.4. The summed E-state index contributed by atoms with van der Waals surface area (Å²) in [6, 6.07) is 9.14. The van der Waals surface area contributed by atoms with Crippen molar-refractivity contribution in [2.75, 3.05) is 13.2 Å². The van der Waals surface area contributed by atoms with Crippen LogP contribution in [0.3, 0.4) is 0 Å². The smallest absolute Gasteiger partial charge is 0.340 e. The number of aromatic amines is 1. The van der Waals surface area contributed by atoms with Crippen LogP contribution < -0.4 is 0 Å². The molecule has 0 unspecified atom stereocenters. The lowest BCUT2D eigenvalue weighted by Gasteiger charge is -2.05. The lowest BCUT2D eigenvalue weighted by atomic mass is 10.1. The molecule has 1 N–H and O–H groups in total. The second-order valence-electron chi connectivity index (χ2n) is 5.59. The van der Waals surface area contributed by atoms with Crippen molar-refractivity contribution in [2.24, 2.45) is 0 Å². The average molecular weight is 343 g/mol. The summed E-state index contributed by atoms with van der Waals surface area (Å²) >= 11 is 0. The number of benzene rings is 1. The first-order chi connectivity index (χ1) is 11.9. The third-order valence-corrected chi connectivity index (χ3v) is 3.75. The Morgan fingerprint density at radius 1 is 1.04 bits per heavy atom. The molecule has 6 nitrogen and oxygen atoms in total. The molecule has 0 atom stereocenters. The maximum absolute atomic E-state index is 12.3. The maximum Gasteiger partial charge on any atom is 0.340 e. The molecule has 0 aliphatic carbocycles. The van der Waals surface area contributed by atoms with E-state index in [0.29, 0.717) is 16.8 Å². The van der Waals surface area contributed by atoms with Gasteiger partial charge in [-0.1, -0.05) is 30.3 Å². The fraction of sp³-hybridized carbons (Fsp3) is 0.316. The van der Waals surface area contributed by atoms with Gasteiger partial charge >= 0.3 is 11.9 Å². The minimum atomic E-state index is -0.480. The van der Waals surface area contributed by atoms with Gasteiger partial charge in [-0.25, -0.2) is 4.79 Å². The van der Waals surface area contributed by atoms with Gasteiger partial charge in [0.25, 0.3) is 0 Å². The zero-order valence-electron chi connectivity index (χ0n) is 14.5. The zero-order valence-corrected chi connectivity index (χ0v) is 14.5. The number of ketones is 1. The predicted molar refractivity (Wildman–Crippen MR) is 91.7 cm³/mol. The van der Waals surface area contributed by atoms with Crippen LogP contribution in [0.4, 0.5) is 0 Å². The highest BCUT2D eigenvalue weighted by molar-refractivity contribution is 6.02. The van der Waals surface area contributed by atoms with Gasteiger partial charge < -0.3 is 14.5 Å². The summed E-state index contributed by atoms with van der Waals surface area (Å²) in [4.78, 5) is 39.0. The van der Waals surface area contributed by atoms with Crippen LogP contribution in [-0.4, -0.2) is 35.9 Å². The first-order valence-electron chi connectivity index (χ1n) is 8.03. The van der Waals surface area contributed by atoms with Gasteiger partial charge in [-0.15, -0.1) is 0 Å². The molecule has 0 radical (unpaired) electrons. The molecule has 0 saturated carbocycles. The Hall–Kier alpha value is -2.89. The molecule has 2 rings (SSSR count). The molecule has 1 aromatic heterocycles. The molecule has 0 aliphatic rings. The van der Waals surface area contributed by atoms with Gasteiger partial charge in [0.1, 0.15) is 0 Å². The molecule has 6 heteroatoms. The van der Waals surface area contributed by atoms with E-state index in [4.69, 9.17) is 9.47 Å². The summed E-state index contributed by atoms with van der Waals surface area (Å²) in [5.41, 5.74) is 2.47. The number of esters is 2. The Morgan fingerprint density at radius 3 is 2.36 bits per heavy atom. The third kappa shape index (κ3) is 4.56. The molecule has 0 fully saturated rings. The van der Waals surface area contributed by atoms with Crippen molar-refractivity contribution in [1.82, 2.24) is 4.98 Å². The summed E-state index contributed by atoms with van der Waals surface area (Å²) in [6.07, 6.45) is 0.102. The second kappa shape index (κ2) is 8.28. The third-order valence-electron chi connectivity index (χ3n) is 3.75. The van der Waals surface area contributed by atoms with E-state index in [9.17, 15) is 14.4 Å². The first-order valence-corrected chi connectivity index (χ1v) is 8.03. The van der Waals surface area contributed by atoms with Crippen LogP contribution in [0.5, 0.6) is 0 Å². The van der Waals surface area contributed by atoms with E-state index < -0.39 is 17.7 Å². The van der Waals surface area contributed by atoms with Crippen molar-refractivity contribution in [1.29, 1.82) is 0 Å². The number of carbonyl (C=O) groups excluding carboxylic acids is 3. The van der Waals surface area contributed by atoms with Crippen LogP contribution in [-0.2, 0) is 20.7 Å². The minimum Gasteiger partial charge on any atom is -0.462 e. The van der Waals surface area contributed by atoms with Gasteiger partial charge in [0.15, 0.2) is 6.61 Å². The van der Waals surface area contributed by atoms with Gasteiger partial charge in [0.2, 0.25) is 5.78 Å². The van der Waals surface area contributed by atoms with E-state index in [1.807, 2.05) is 30.3 Å². The highest BCUT2D eigenvalue weighted by atomic mass is 16.5. The highest BCUT2D eigenvalue weighted by Crippen LogP contribution is 2.19. The molecule has 1 heterocycles. The molecule has 2 aromatic rings. The molecular formula is C19H21NO5. The van der Waals surface area contributed by atoms with Crippen LogP contribution in [0.15, 0.2) is 30.3 Å². The number of rotatable bonds is 7. The molecular weight excluding hydrogens is 322 g/mol. The summed E-state index contributed by atoms with van der Waals surface area (Å²) in [7, 11) is 0. The monoisotopic (exact) mass is 343 g/mol. The Labute approximate surface area is 146 Å². The lowest BCUT2D eigenvalue weighted by molar-refractivity contribution is -0.141. The number of aromatic nitrogens is 1. The van der Waals surface area contributed by atoms with Crippen LogP contribution in [0.25, 0.3) is 0 Å². The Morgan fingerprint density at radius 2 is 1.72 bits per heavy atom. The maximum atomic E-state index is 12.3. The second-order valence-corrected chi connectivity index (χ2v) is 5.59. The van der Waals surface area contributed by atoms with Crippen molar-refractivity contribution in [2.45, 2.75) is 27.2 Å². The SMILES string of the molecule is CCOC(=O)c1c(C)[nH]c(C(=O)COC(=O)Cc2ccccc2)c1C. The number of hydrogen-bond donors (Lipinski definition) is 1. The van der Waals surface area contributed by atoms with Gasteiger partial charge in [0, 0.05) is 5.69 Å². The number of H-pyrrole nitrogens is 1. The number of Topliss-reactive ketones (excluding diaryl/α,β-unsaturated/α-hetero) is 1. The van der Waals surface area contributed by atoms with E-state index in [2.05, 4.69) is 4.98 Å². The normalized spacial score (nSPS) is 10.4. The highest BCUT2D eigenvalue weighted by Gasteiger charge is 2.23. The molecule has 1 aromatic carbocycles.